The lowest BCUT2D eigenvalue weighted by molar-refractivity contribution is -0.116. The molecule has 0 saturated carbocycles. The van der Waals surface area contributed by atoms with E-state index in [4.69, 9.17) is 9.47 Å². The molecule has 2 N–H and O–H groups in total. The Balaban J connectivity index is 2.19. The van der Waals surface area contributed by atoms with Crippen molar-refractivity contribution in [1.29, 1.82) is 0 Å². The summed E-state index contributed by atoms with van der Waals surface area (Å²) >= 11 is 0. The number of amides is 1. The van der Waals surface area contributed by atoms with E-state index in [0.29, 0.717) is 31.8 Å². The number of anilines is 1. The number of ether oxygens (including phenoxy) is 2. The summed E-state index contributed by atoms with van der Waals surface area (Å²) in [6.07, 6.45) is 0.319. The highest BCUT2D eigenvalue weighted by atomic mass is 32.2. The van der Waals surface area contributed by atoms with Gasteiger partial charge in [0.15, 0.2) is 15.6 Å². The molecule has 0 spiro atoms. The van der Waals surface area contributed by atoms with Gasteiger partial charge < -0.3 is 19.7 Å². The average molecular weight is 400 g/mol. The number of carbonyl (C=O) groups excluding carboxylic acids is 1. The molecule has 0 aliphatic carbocycles. The second kappa shape index (κ2) is 10.0. The van der Waals surface area contributed by atoms with Crippen molar-refractivity contribution in [3.05, 3.63) is 18.2 Å². The van der Waals surface area contributed by atoms with E-state index in [9.17, 15) is 13.2 Å². The maximum Gasteiger partial charge on any atom is 0.225 e. The molecule has 0 radical (unpaired) electrons. The second-order valence-electron chi connectivity index (χ2n) is 6.22. The predicted octanol–water partition coefficient (Wildman–Crippen LogP) is 1.09. The van der Waals surface area contributed by atoms with E-state index < -0.39 is 15.2 Å². The average Bonchev–Trinajstić information content (AvgIpc) is 2.69. The fourth-order valence-corrected chi connectivity index (χ4v) is 4.59. The zero-order valence-corrected chi connectivity index (χ0v) is 17.0. The van der Waals surface area contributed by atoms with Gasteiger partial charge in [-0.1, -0.05) is 19.9 Å². The molecule has 1 aromatic rings. The lowest BCUT2D eigenvalue weighted by Crippen LogP contribution is -2.46. The van der Waals surface area contributed by atoms with E-state index in [1.807, 2.05) is 13.8 Å². The first-order chi connectivity index (χ1) is 12.9. The van der Waals surface area contributed by atoms with Gasteiger partial charge in [-0.25, -0.2) is 8.42 Å². The number of para-hydroxylation sites is 1. The van der Waals surface area contributed by atoms with Gasteiger partial charge in [0.1, 0.15) is 10.3 Å². The molecule has 1 amide bonds. The number of hydrogen-bond donors (Lipinski definition) is 2. The SMILES string of the molecule is CCN(CC)CCC(=O)Nc1cccc(S(=O)(=O)C2COCCN2)c1OC. The lowest BCUT2D eigenvalue weighted by Gasteiger charge is -2.25. The highest BCUT2D eigenvalue weighted by Crippen LogP contribution is 2.34. The second-order valence-corrected chi connectivity index (χ2v) is 8.32. The number of nitrogens with one attached hydrogen (secondary N) is 2. The topological polar surface area (TPSA) is 97.0 Å². The van der Waals surface area contributed by atoms with Gasteiger partial charge in [0.25, 0.3) is 0 Å². The van der Waals surface area contributed by atoms with Crippen LogP contribution in [-0.2, 0) is 19.4 Å². The minimum atomic E-state index is -3.72. The lowest BCUT2D eigenvalue weighted by atomic mass is 10.2. The molecule has 1 heterocycles. The number of carbonyl (C=O) groups is 1. The van der Waals surface area contributed by atoms with Gasteiger partial charge in [-0.05, 0) is 25.2 Å². The van der Waals surface area contributed by atoms with Crippen molar-refractivity contribution in [2.75, 3.05) is 51.8 Å². The molecule has 9 heteroatoms. The number of morpholine rings is 1. The van der Waals surface area contributed by atoms with Crippen molar-refractivity contribution in [2.45, 2.75) is 30.5 Å². The van der Waals surface area contributed by atoms with E-state index in [0.717, 1.165) is 13.1 Å². The Morgan fingerprint density at radius 2 is 2.11 bits per heavy atom. The zero-order chi connectivity index (χ0) is 19.9. The van der Waals surface area contributed by atoms with Crippen LogP contribution < -0.4 is 15.4 Å². The van der Waals surface area contributed by atoms with Crippen LogP contribution >= 0.6 is 0 Å². The molecule has 27 heavy (non-hydrogen) atoms. The summed E-state index contributed by atoms with van der Waals surface area (Å²) in [4.78, 5) is 14.5. The van der Waals surface area contributed by atoms with Gasteiger partial charge in [0, 0.05) is 19.5 Å². The fourth-order valence-electron chi connectivity index (χ4n) is 2.95. The quantitative estimate of drug-likeness (QED) is 0.641. The standard InChI is InChI=1S/C18H29N3O5S/c1-4-21(5-2)11-9-16(22)20-14-7-6-8-15(18(14)25-3)27(23,24)17-13-26-12-10-19-17/h6-8,17,19H,4-5,9-13H2,1-3H3,(H,20,22). The molecular formula is C18H29N3O5S. The third-order valence-corrected chi connectivity index (χ3v) is 6.56. The number of methoxy groups -OCH3 is 1. The monoisotopic (exact) mass is 399 g/mol. The molecule has 1 saturated heterocycles. The maximum atomic E-state index is 13.0. The highest BCUT2D eigenvalue weighted by Gasteiger charge is 2.32. The van der Waals surface area contributed by atoms with Crippen molar-refractivity contribution < 1.29 is 22.7 Å². The summed E-state index contributed by atoms with van der Waals surface area (Å²) in [6, 6.07) is 4.72. The van der Waals surface area contributed by atoms with Crippen LogP contribution in [0.25, 0.3) is 0 Å². The van der Waals surface area contributed by atoms with Crippen LogP contribution in [0, 0.1) is 0 Å². The normalized spacial score (nSPS) is 17.7. The minimum absolute atomic E-state index is 0.0366. The Kier molecular flexibility index (Phi) is 8.03. The summed E-state index contributed by atoms with van der Waals surface area (Å²) in [5.41, 5.74) is 0.347. The Labute approximate surface area is 161 Å². The molecule has 1 aliphatic heterocycles. The summed E-state index contributed by atoms with van der Waals surface area (Å²) in [6.45, 7) is 7.49. The summed E-state index contributed by atoms with van der Waals surface area (Å²) in [5.74, 6) is -0.0464. The molecular weight excluding hydrogens is 370 g/mol. The van der Waals surface area contributed by atoms with Gasteiger partial charge in [0.2, 0.25) is 5.91 Å². The van der Waals surface area contributed by atoms with E-state index >= 15 is 0 Å². The van der Waals surface area contributed by atoms with Crippen LogP contribution in [0.3, 0.4) is 0 Å². The third-order valence-electron chi connectivity index (χ3n) is 4.58. The van der Waals surface area contributed by atoms with Crippen LogP contribution in [-0.4, -0.2) is 71.1 Å². The molecule has 152 valence electrons. The van der Waals surface area contributed by atoms with Gasteiger partial charge in [-0.2, -0.15) is 0 Å². The van der Waals surface area contributed by atoms with Gasteiger partial charge in [-0.15, -0.1) is 0 Å². The number of benzene rings is 1. The Bertz CT molecular complexity index is 729. The van der Waals surface area contributed by atoms with Crippen LogP contribution in [0.15, 0.2) is 23.1 Å². The van der Waals surface area contributed by atoms with Crippen molar-refractivity contribution in [2.24, 2.45) is 0 Å². The molecule has 1 aliphatic rings. The molecule has 0 aromatic heterocycles. The first-order valence-corrected chi connectivity index (χ1v) is 10.7. The molecule has 2 rings (SSSR count). The van der Waals surface area contributed by atoms with Crippen molar-refractivity contribution in [3.63, 3.8) is 0 Å². The van der Waals surface area contributed by atoms with Gasteiger partial charge in [-0.3, -0.25) is 10.1 Å². The third kappa shape index (κ3) is 5.41. The number of hydrogen-bond acceptors (Lipinski definition) is 7. The Morgan fingerprint density at radius 3 is 2.70 bits per heavy atom. The summed E-state index contributed by atoms with van der Waals surface area (Å²) < 4.78 is 36.5. The molecule has 1 atom stereocenters. The molecule has 1 unspecified atom stereocenters. The summed E-state index contributed by atoms with van der Waals surface area (Å²) in [5, 5.41) is 4.89. The van der Waals surface area contributed by atoms with Gasteiger partial charge in [0.05, 0.1) is 26.0 Å². The van der Waals surface area contributed by atoms with Crippen LogP contribution in [0.5, 0.6) is 5.75 Å². The van der Waals surface area contributed by atoms with Crippen LogP contribution in [0.4, 0.5) is 5.69 Å². The molecule has 1 fully saturated rings. The van der Waals surface area contributed by atoms with Crippen LogP contribution in [0.1, 0.15) is 20.3 Å². The predicted molar refractivity (Wildman–Crippen MR) is 104 cm³/mol. The number of nitrogens with zero attached hydrogens (tertiary/aromatic N) is 1. The first-order valence-electron chi connectivity index (χ1n) is 9.18. The first kappa shape index (κ1) is 21.6. The number of sulfone groups is 1. The zero-order valence-electron chi connectivity index (χ0n) is 16.2. The summed E-state index contributed by atoms with van der Waals surface area (Å²) in [7, 11) is -2.32. The van der Waals surface area contributed by atoms with E-state index in [2.05, 4.69) is 15.5 Å². The minimum Gasteiger partial charge on any atom is -0.493 e. The van der Waals surface area contributed by atoms with Crippen molar-refractivity contribution in [3.8, 4) is 5.75 Å². The van der Waals surface area contributed by atoms with Crippen molar-refractivity contribution >= 4 is 21.4 Å². The largest absolute Gasteiger partial charge is 0.493 e. The Hall–Kier alpha value is -1.68. The van der Waals surface area contributed by atoms with E-state index in [1.54, 1.807) is 12.1 Å². The molecule has 1 aromatic carbocycles. The number of rotatable bonds is 9. The fraction of sp³-hybridized carbons (Fsp3) is 0.611. The van der Waals surface area contributed by atoms with Crippen molar-refractivity contribution in [1.82, 2.24) is 10.2 Å². The smallest absolute Gasteiger partial charge is 0.225 e. The Morgan fingerprint density at radius 1 is 1.37 bits per heavy atom. The molecule has 0 bridgehead atoms. The molecule has 8 nitrogen and oxygen atoms in total. The maximum absolute atomic E-state index is 13.0. The van der Waals surface area contributed by atoms with E-state index in [-0.39, 0.29) is 23.2 Å². The van der Waals surface area contributed by atoms with E-state index in [1.165, 1.54) is 13.2 Å². The highest BCUT2D eigenvalue weighted by molar-refractivity contribution is 7.92. The van der Waals surface area contributed by atoms with Crippen LogP contribution in [0.2, 0.25) is 0 Å². The van der Waals surface area contributed by atoms with Gasteiger partial charge >= 0.3 is 0 Å².